The van der Waals surface area contributed by atoms with Gasteiger partial charge in [0.05, 0.1) is 6.04 Å². The predicted octanol–water partition coefficient (Wildman–Crippen LogP) is 2.35. The summed E-state index contributed by atoms with van der Waals surface area (Å²) in [4.78, 5) is 7.21. The van der Waals surface area contributed by atoms with Crippen LogP contribution in [0.4, 0.5) is 0 Å². The van der Waals surface area contributed by atoms with Crippen LogP contribution in [-0.4, -0.2) is 36.0 Å². The first kappa shape index (κ1) is 15.0. The molecule has 4 rings (SSSR count). The molecule has 2 saturated carbocycles. The zero-order chi connectivity index (χ0) is 15.6. The van der Waals surface area contributed by atoms with Gasteiger partial charge in [0, 0.05) is 25.7 Å². The summed E-state index contributed by atoms with van der Waals surface area (Å²) < 4.78 is 0. The Morgan fingerprint density at radius 1 is 1.13 bits per heavy atom. The maximum atomic E-state index is 6.11. The fourth-order valence-corrected chi connectivity index (χ4v) is 3.88. The van der Waals surface area contributed by atoms with Gasteiger partial charge in [-0.15, -0.1) is 0 Å². The fraction of sp³-hybridized carbons (Fsp3) is 0.632. The zero-order valence-corrected chi connectivity index (χ0v) is 13.8. The molecule has 0 radical (unpaired) electrons. The average Bonchev–Trinajstić information content (AvgIpc) is 3.44. The standard InChI is InChI=1S/C19H28N4/c20-19(22-18-12-17(18)15-6-7-15)21-16-8-10-23(11-9-16)13-14-4-2-1-3-5-14/h1-5,15-18H,6-13H2,(H3,20,21,22)/t17-,18+/m0/s1. The number of hydrogen-bond donors (Lipinski definition) is 2. The van der Waals surface area contributed by atoms with Crippen molar-refractivity contribution in [3.8, 4) is 0 Å². The highest BCUT2D eigenvalue weighted by Gasteiger charge is 2.47. The van der Waals surface area contributed by atoms with Gasteiger partial charge in [-0.25, -0.2) is 4.99 Å². The quantitative estimate of drug-likeness (QED) is 0.648. The average molecular weight is 312 g/mol. The fourth-order valence-electron chi connectivity index (χ4n) is 3.88. The number of rotatable bonds is 5. The van der Waals surface area contributed by atoms with Gasteiger partial charge in [-0.2, -0.15) is 0 Å². The maximum absolute atomic E-state index is 6.11. The normalized spacial score (nSPS) is 29.5. The Bertz CT molecular complexity index is 544. The molecule has 1 aromatic rings. The van der Waals surface area contributed by atoms with Crippen molar-refractivity contribution in [2.24, 2.45) is 22.6 Å². The van der Waals surface area contributed by atoms with E-state index in [0.29, 0.717) is 18.0 Å². The van der Waals surface area contributed by atoms with Crippen LogP contribution in [0.15, 0.2) is 35.3 Å². The summed E-state index contributed by atoms with van der Waals surface area (Å²) >= 11 is 0. The molecule has 23 heavy (non-hydrogen) atoms. The number of piperidine rings is 1. The van der Waals surface area contributed by atoms with E-state index >= 15 is 0 Å². The van der Waals surface area contributed by atoms with E-state index in [2.05, 4.69) is 45.5 Å². The lowest BCUT2D eigenvalue weighted by molar-refractivity contribution is 0.199. The van der Waals surface area contributed by atoms with Crippen molar-refractivity contribution in [2.45, 2.75) is 50.7 Å². The van der Waals surface area contributed by atoms with Crippen molar-refractivity contribution in [2.75, 3.05) is 13.1 Å². The van der Waals surface area contributed by atoms with Gasteiger partial charge >= 0.3 is 0 Å². The Balaban J connectivity index is 1.20. The number of nitrogens with two attached hydrogens (primary N) is 1. The summed E-state index contributed by atoms with van der Waals surface area (Å²) in [5.74, 6) is 2.50. The summed E-state index contributed by atoms with van der Waals surface area (Å²) in [5, 5.41) is 3.46. The van der Waals surface area contributed by atoms with E-state index in [-0.39, 0.29) is 0 Å². The van der Waals surface area contributed by atoms with E-state index in [1.807, 2.05) is 0 Å². The minimum atomic E-state index is 0.490. The SMILES string of the molecule is NC(=N[C@@H]1C[C@H]1C1CC1)NC1CCN(Cc2ccccc2)CC1. The highest BCUT2D eigenvalue weighted by atomic mass is 15.2. The third kappa shape index (κ3) is 4.05. The molecule has 1 aromatic carbocycles. The lowest BCUT2D eigenvalue weighted by Gasteiger charge is -2.32. The van der Waals surface area contributed by atoms with Crippen LogP contribution in [0.2, 0.25) is 0 Å². The van der Waals surface area contributed by atoms with Crippen molar-refractivity contribution >= 4 is 5.96 Å². The Labute approximate surface area is 139 Å². The van der Waals surface area contributed by atoms with Crippen LogP contribution in [0.25, 0.3) is 0 Å². The van der Waals surface area contributed by atoms with Crippen molar-refractivity contribution in [1.82, 2.24) is 10.2 Å². The van der Waals surface area contributed by atoms with Gasteiger partial charge in [0.1, 0.15) is 0 Å². The Morgan fingerprint density at radius 2 is 1.87 bits per heavy atom. The van der Waals surface area contributed by atoms with Crippen molar-refractivity contribution in [1.29, 1.82) is 0 Å². The second-order valence-corrected chi connectivity index (χ2v) is 7.50. The van der Waals surface area contributed by atoms with E-state index in [1.54, 1.807) is 0 Å². The van der Waals surface area contributed by atoms with Gasteiger partial charge < -0.3 is 11.1 Å². The number of nitrogens with one attached hydrogen (secondary N) is 1. The number of benzene rings is 1. The number of nitrogens with zero attached hydrogens (tertiary/aromatic N) is 2. The molecule has 1 heterocycles. The van der Waals surface area contributed by atoms with Gasteiger partial charge in [-0.1, -0.05) is 30.3 Å². The van der Waals surface area contributed by atoms with E-state index in [4.69, 9.17) is 5.73 Å². The van der Waals surface area contributed by atoms with Gasteiger partial charge in [0.15, 0.2) is 5.96 Å². The van der Waals surface area contributed by atoms with Crippen LogP contribution in [0.1, 0.15) is 37.7 Å². The van der Waals surface area contributed by atoms with Gasteiger partial charge in [-0.3, -0.25) is 4.90 Å². The highest BCUT2D eigenvalue weighted by molar-refractivity contribution is 5.78. The molecule has 3 fully saturated rings. The first-order chi connectivity index (χ1) is 11.3. The number of likely N-dealkylation sites (tertiary alicyclic amines) is 1. The van der Waals surface area contributed by atoms with Crippen LogP contribution in [0.3, 0.4) is 0 Å². The van der Waals surface area contributed by atoms with Crippen LogP contribution in [-0.2, 0) is 6.54 Å². The van der Waals surface area contributed by atoms with Gasteiger partial charge in [0.2, 0.25) is 0 Å². The monoisotopic (exact) mass is 312 g/mol. The molecular formula is C19H28N4. The largest absolute Gasteiger partial charge is 0.370 e. The molecule has 0 unspecified atom stereocenters. The van der Waals surface area contributed by atoms with E-state index in [0.717, 1.165) is 44.3 Å². The maximum Gasteiger partial charge on any atom is 0.189 e. The molecule has 1 saturated heterocycles. The number of hydrogen-bond acceptors (Lipinski definition) is 2. The van der Waals surface area contributed by atoms with Crippen LogP contribution in [0.5, 0.6) is 0 Å². The van der Waals surface area contributed by atoms with Gasteiger partial charge in [-0.05, 0) is 49.5 Å². The first-order valence-electron chi connectivity index (χ1n) is 9.14. The van der Waals surface area contributed by atoms with E-state index < -0.39 is 0 Å². The summed E-state index contributed by atoms with van der Waals surface area (Å²) in [7, 11) is 0. The summed E-state index contributed by atoms with van der Waals surface area (Å²) in [5.41, 5.74) is 7.51. The Hall–Kier alpha value is -1.55. The second-order valence-electron chi connectivity index (χ2n) is 7.50. The summed E-state index contributed by atoms with van der Waals surface area (Å²) in [6.07, 6.45) is 6.41. The molecule has 3 N–H and O–H groups in total. The topological polar surface area (TPSA) is 53.6 Å². The number of aliphatic imine (C=N–C) groups is 1. The third-order valence-corrected chi connectivity index (χ3v) is 5.53. The molecule has 0 bridgehead atoms. The molecule has 0 spiro atoms. The smallest absolute Gasteiger partial charge is 0.189 e. The minimum Gasteiger partial charge on any atom is -0.370 e. The van der Waals surface area contributed by atoms with Crippen molar-refractivity contribution < 1.29 is 0 Å². The lowest BCUT2D eigenvalue weighted by atomic mass is 10.0. The molecule has 2 aliphatic carbocycles. The minimum absolute atomic E-state index is 0.490. The van der Waals surface area contributed by atoms with Crippen molar-refractivity contribution in [3.63, 3.8) is 0 Å². The van der Waals surface area contributed by atoms with Crippen LogP contribution >= 0.6 is 0 Å². The molecule has 4 nitrogen and oxygen atoms in total. The lowest BCUT2D eigenvalue weighted by Crippen LogP contribution is -2.47. The van der Waals surface area contributed by atoms with Crippen LogP contribution in [0, 0.1) is 11.8 Å². The number of guanidine groups is 1. The third-order valence-electron chi connectivity index (χ3n) is 5.53. The van der Waals surface area contributed by atoms with E-state index in [1.165, 1.54) is 24.8 Å². The molecule has 0 amide bonds. The molecule has 3 aliphatic rings. The zero-order valence-electron chi connectivity index (χ0n) is 13.8. The molecular weight excluding hydrogens is 284 g/mol. The summed E-state index contributed by atoms with van der Waals surface area (Å²) in [6.45, 7) is 3.32. The van der Waals surface area contributed by atoms with Crippen molar-refractivity contribution in [3.05, 3.63) is 35.9 Å². The molecule has 2 atom stereocenters. The first-order valence-corrected chi connectivity index (χ1v) is 9.14. The molecule has 4 heteroatoms. The molecule has 1 aliphatic heterocycles. The van der Waals surface area contributed by atoms with Crippen LogP contribution < -0.4 is 11.1 Å². The molecule has 0 aromatic heterocycles. The Kier molecular flexibility index (Phi) is 4.25. The molecule has 124 valence electrons. The Morgan fingerprint density at radius 3 is 2.57 bits per heavy atom. The van der Waals surface area contributed by atoms with Gasteiger partial charge in [0.25, 0.3) is 0 Å². The highest BCUT2D eigenvalue weighted by Crippen LogP contribution is 2.51. The second kappa shape index (κ2) is 6.52. The van der Waals surface area contributed by atoms with E-state index in [9.17, 15) is 0 Å². The summed E-state index contributed by atoms with van der Waals surface area (Å²) in [6, 6.07) is 11.7. The predicted molar refractivity (Wildman–Crippen MR) is 94.1 cm³/mol.